The van der Waals surface area contributed by atoms with Crippen LogP contribution in [0.1, 0.15) is 59.3 Å². The second kappa shape index (κ2) is 3.98. The molecule has 2 aliphatic carbocycles. The van der Waals surface area contributed by atoms with Crippen molar-refractivity contribution >= 4 is 0 Å². The Morgan fingerprint density at radius 2 is 1.65 bits per heavy atom. The van der Waals surface area contributed by atoms with Crippen LogP contribution in [0.15, 0.2) is 0 Å². The van der Waals surface area contributed by atoms with Gasteiger partial charge in [0.05, 0.1) is 0 Å². The fourth-order valence-corrected chi connectivity index (χ4v) is 3.88. The molecule has 0 aromatic heterocycles. The zero-order valence-electron chi connectivity index (χ0n) is 12.0. The first-order valence-corrected chi connectivity index (χ1v) is 7.69. The Morgan fingerprint density at radius 1 is 1.06 bits per heavy atom. The maximum absolute atomic E-state index is 2.74. The minimum absolute atomic E-state index is 0.552. The Hall–Kier alpha value is -0.0400. The summed E-state index contributed by atoms with van der Waals surface area (Å²) in [6.45, 7) is 11.5. The zero-order valence-corrected chi connectivity index (χ0v) is 12.0. The van der Waals surface area contributed by atoms with E-state index >= 15 is 0 Å². The van der Waals surface area contributed by atoms with Crippen molar-refractivity contribution in [3.05, 3.63) is 0 Å². The van der Waals surface area contributed by atoms with Crippen molar-refractivity contribution in [2.45, 2.75) is 59.3 Å². The molecular formula is C16H29N. The van der Waals surface area contributed by atoms with Gasteiger partial charge in [0, 0.05) is 6.54 Å². The van der Waals surface area contributed by atoms with Crippen molar-refractivity contribution in [1.82, 2.24) is 4.90 Å². The lowest BCUT2D eigenvalue weighted by atomic mass is 9.52. The molecule has 1 spiro atoms. The zero-order chi connectivity index (χ0) is 12.1. The molecule has 0 bridgehead atoms. The van der Waals surface area contributed by atoms with E-state index in [9.17, 15) is 0 Å². The molecule has 3 aliphatic rings. The minimum Gasteiger partial charge on any atom is -0.303 e. The molecule has 0 radical (unpaired) electrons. The van der Waals surface area contributed by atoms with Crippen LogP contribution in [0.5, 0.6) is 0 Å². The van der Waals surface area contributed by atoms with Crippen molar-refractivity contribution in [2.75, 3.05) is 19.6 Å². The van der Waals surface area contributed by atoms with E-state index in [1.807, 2.05) is 0 Å². The van der Waals surface area contributed by atoms with Gasteiger partial charge >= 0.3 is 0 Å². The molecule has 3 rings (SSSR count). The molecule has 98 valence electrons. The summed E-state index contributed by atoms with van der Waals surface area (Å²) in [5, 5.41) is 0. The Morgan fingerprint density at radius 3 is 2.12 bits per heavy atom. The Labute approximate surface area is 107 Å². The van der Waals surface area contributed by atoms with Gasteiger partial charge in [-0.1, -0.05) is 20.8 Å². The second-order valence-corrected chi connectivity index (χ2v) is 8.22. The maximum Gasteiger partial charge on any atom is 0.000967 e. The van der Waals surface area contributed by atoms with Crippen LogP contribution < -0.4 is 0 Å². The molecule has 0 aromatic carbocycles. The summed E-state index contributed by atoms with van der Waals surface area (Å²) in [7, 11) is 0. The highest BCUT2D eigenvalue weighted by molar-refractivity contribution is 5.00. The summed E-state index contributed by atoms with van der Waals surface area (Å²) >= 11 is 0. The number of piperidine rings is 1. The van der Waals surface area contributed by atoms with Crippen LogP contribution in [0.4, 0.5) is 0 Å². The third-order valence-electron chi connectivity index (χ3n) is 5.71. The maximum atomic E-state index is 2.74. The SMILES string of the molecule is CC(C)(C)C1CC2(CCN(CC3CC3)CC2)C1. The second-order valence-electron chi connectivity index (χ2n) is 8.22. The fourth-order valence-electron chi connectivity index (χ4n) is 3.88. The van der Waals surface area contributed by atoms with Gasteiger partial charge in [-0.05, 0) is 74.3 Å². The molecule has 1 saturated heterocycles. The molecule has 0 N–H and O–H groups in total. The van der Waals surface area contributed by atoms with E-state index in [0.717, 1.165) is 17.3 Å². The van der Waals surface area contributed by atoms with Crippen molar-refractivity contribution in [3.63, 3.8) is 0 Å². The first-order chi connectivity index (χ1) is 7.97. The van der Waals surface area contributed by atoms with Gasteiger partial charge in [-0.15, -0.1) is 0 Å². The number of nitrogens with zero attached hydrogens (tertiary/aromatic N) is 1. The van der Waals surface area contributed by atoms with E-state index in [1.165, 1.54) is 58.2 Å². The highest BCUT2D eigenvalue weighted by Crippen LogP contribution is 2.57. The van der Waals surface area contributed by atoms with Crippen molar-refractivity contribution < 1.29 is 0 Å². The lowest BCUT2D eigenvalue weighted by Crippen LogP contribution is -2.50. The summed E-state index contributed by atoms with van der Waals surface area (Å²) in [6, 6.07) is 0. The van der Waals surface area contributed by atoms with Gasteiger partial charge in [-0.25, -0.2) is 0 Å². The average molecular weight is 235 g/mol. The van der Waals surface area contributed by atoms with Crippen LogP contribution in [0.3, 0.4) is 0 Å². The Bertz CT molecular complexity index is 268. The highest BCUT2D eigenvalue weighted by atomic mass is 15.1. The van der Waals surface area contributed by atoms with Crippen LogP contribution in [0, 0.1) is 22.7 Å². The summed E-state index contributed by atoms with van der Waals surface area (Å²) in [5.41, 5.74) is 1.33. The predicted octanol–water partition coefficient (Wildman–Crippen LogP) is 3.93. The standard InChI is InChI=1S/C16H29N/c1-15(2,3)14-10-16(11-14)6-8-17(9-7-16)12-13-4-5-13/h13-14H,4-12H2,1-3H3. The molecule has 0 unspecified atom stereocenters. The van der Waals surface area contributed by atoms with Crippen LogP contribution in [0.2, 0.25) is 0 Å². The lowest BCUT2D eigenvalue weighted by molar-refractivity contribution is -0.0568. The third kappa shape index (κ3) is 2.54. The molecule has 3 fully saturated rings. The molecule has 0 atom stereocenters. The summed E-state index contributed by atoms with van der Waals surface area (Å²) in [6.07, 6.45) is 9.04. The molecule has 1 nitrogen and oxygen atoms in total. The summed E-state index contributed by atoms with van der Waals surface area (Å²) in [5.74, 6) is 2.07. The molecule has 0 aromatic rings. The summed E-state index contributed by atoms with van der Waals surface area (Å²) < 4.78 is 0. The average Bonchev–Trinajstić information content (AvgIpc) is 2.98. The largest absolute Gasteiger partial charge is 0.303 e. The molecule has 0 amide bonds. The van der Waals surface area contributed by atoms with Gasteiger partial charge in [-0.2, -0.15) is 0 Å². The van der Waals surface area contributed by atoms with E-state index in [-0.39, 0.29) is 0 Å². The molecule has 1 heterocycles. The fraction of sp³-hybridized carbons (Fsp3) is 1.00. The van der Waals surface area contributed by atoms with Gasteiger partial charge in [0.2, 0.25) is 0 Å². The van der Waals surface area contributed by atoms with E-state index in [0.29, 0.717) is 5.41 Å². The van der Waals surface area contributed by atoms with E-state index in [1.54, 1.807) is 0 Å². The van der Waals surface area contributed by atoms with E-state index in [2.05, 4.69) is 25.7 Å². The number of hydrogen-bond acceptors (Lipinski definition) is 1. The van der Waals surface area contributed by atoms with Crippen LogP contribution in [0.25, 0.3) is 0 Å². The van der Waals surface area contributed by atoms with Gasteiger partial charge in [0.15, 0.2) is 0 Å². The van der Waals surface area contributed by atoms with E-state index < -0.39 is 0 Å². The Balaban J connectivity index is 1.46. The number of rotatable bonds is 2. The first-order valence-electron chi connectivity index (χ1n) is 7.69. The topological polar surface area (TPSA) is 3.24 Å². The smallest absolute Gasteiger partial charge is 0.000967 e. The number of likely N-dealkylation sites (tertiary alicyclic amines) is 1. The Kier molecular flexibility index (Phi) is 2.81. The van der Waals surface area contributed by atoms with Crippen LogP contribution in [-0.2, 0) is 0 Å². The number of hydrogen-bond donors (Lipinski definition) is 0. The van der Waals surface area contributed by atoms with Gasteiger partial charge in [0.1, 0.15) is 0 Å². The summed E-state index contributed by atoms with van der Waals surface area (Å²) in [4.78, 5) is 2.74. The molecule has 1 aliphatic heterocycles. The lowest BCUT2D eigenvalue weighted by Gasteiger charge is -2.56. The molecular weight excluding hydrogens is 206 g/mol. The van der Waals surface area contributed by atoms with Crippen molar-refractivity contribution in [2.24, 2.45) is 22.7 Å². The normalized spacial score (nSPS) is 30.5. The predicted molar refractivity (Wildman–Crippen MR) is 73.0 cm³/mol. The van der Waals surface area contributed by atoms with Crippen LogP contribution >= 0.6 is 0 Å². The minimum atomic E-state index is 0.552. The quantitative estimate of drug-likeness (QED) is 0.701. The first kappa shape index (κ1) is 12.0. The third-order valence-corrected chi connectivity index (χ3v) is 5.71. The molecule has 17 heavy (non-hydrogen) atoms. The molecule has 1 heteroatoms. The van der Waals surface area contributed by atoms with Gasteiger partial charge in [-0.3, -0.25) is 0 Å². The molecule has 2 saturated carbocycles. The monoisotopic (exact) mass is 235 g/mol. The van der Waals surface area contributed by atoms with Gasteiger partial charge < -0.3 is 4.90 Å². The van der Waals surface area contributed by atoms with E-state index in [4.69, 9.17) is 0 Å². The van der Waals surface area contributed by atoms with Gasteiger partial charge in [0.25, 0.3) is 0 Å². The van der Waals surface area contributed by atoms with Crippen LogP contribution in [-0.4, -0.2) is 24.5 Å². The highest BCUT2D eigenvalue weighted by Gasteiger charge is 2.49. The van der Waals surface area contributed by atoms with Crippen molar-refractivity contribution in [3.8, 4) is 0 Å². The van der Waals surface area contributed by atoms with Crippen molar-refractivity contribution in [1.29, 1.82) is 0 Å².